The first-order chi connectivity index (χ1) is 16.5. The molecular formula is C26H27FN2O4S. The lowest BCUT2D eigenvalue weighted by atomic mass is 10.1. The molecule has 0 aliphatic rings. The summed E-state index contributed by atoms with van der Waals surface area (Å²) in [5.74, 6) is 0.402. The Morgan fingerprint density at radius 1 is 1.26 bits per heavy atom. The molecule has 4 aromatic rings. The third-order valence-corrected chi connectivity index (χ3v) is 5.43. The molecule has 0 saturated carbocycles. The summed E-state index contributed by atoms with van der Waals surface area (Å²) in [6, 6.07) is 13.7. The van der Waals surface area contributed by atoms with Gasteiger partial charge in [0.15, 0.2) is 11.4 Å². The van der Waals surface area contributed by atoms with E-state index in [2.05, 4.69) is 21.9 Å². The number of rotatable bonds is 9. The molecule has 2 N–H and O–H groups in total. The summed E-state index contributed by atoms with van der Waals surface area (Å²) >= 11 is 1.65. The number of halogens is 1. The summed E-state index contributed by atoms with van der Waals surface area (Å²) in [6.07, 6.45) is 2.65. The summed E-state index contributed by atoms with van der Waals surface area (Å²) in [4.78, 5) is 9.96. The number of hydrogen-bond acceptors (Lipinski definition) is 7. The molecule has 0 radical (unpaired) electrons. The Morgan fingerprint density at radius 3 is 2.71 bits per heavy atom. The van der Waals surface area contributed by atoms with Gasteiger partial charge < -0.3 is 19.7 Å². The fourth-order valence-corrected chi connectivity index (χ4v) is 3.76. The van der Waals surface area contributed by atoms with Crippen LogP contribution in [0.1, 0.15) is 19.4 Å². The van der Waals surface area contributed by atoms with E-state index in [-0.39, 0.29) is 18.2 Å². The van der Waals surface area contributed by atoms with Crippen LogP contribution in [0.3, 0.4) is 0 Å². The standard InChI is InChI=1S/C21H19FN2O3S.C5H8O/c22-16-3-6-19-20(9-16)27-24-21(19)15-1-4-18(5-2-15)26-12-17(25)11-23-10-14-7-8-28-13-14;1-3-4-5(2)6/h1-9,13,17,23,25H,10-12H2;3-4H,1-2H3/b;4-3-. The van der Waals surface area contributed by atoms with Crippen molar-refractivity contribution in [3.63, 3.8) is 0 Å². The highest BCUT2D eigenvalue weighted by Crippen LogP contribution is 2.29. The smallest absolute Gasteiger partial charge is 0.170 e. The van der Waals surface area contributed by atoms with Gasteiger partial charge in [0.05, 0.1) is 0 Å². The molecule has 0 aliphatic heterocycles. The van der Waals surface area contributed by atoms with Crippen LogP contribution < -0.4 is 10.1 Å². The molecule has 34 heavy (non-hydrogen) atoms. The van der Waals surface area contributed by atoms with Crippen molar-refractivity contribution in [2.24, 2.45) is 0 Å². The fourth-order valence-electron chi connectivity index (χ4n) is 3.09. The van der Waals surface area contributed by atoms with E-state index in [0.29, 0.717) is 23.6 Å². The van der Waals surface area contributed by atoms with Gasteiger partial charge in [-0.3, -0.25) is 4.79 Å². The number of aliphatic hydroxyl groups is 1. The molecule has 0 spiro atoms. The third kappa shape index (κ3) is 7.62. The number of aliphatic hydroxyl groups excluding tert-OH is 1. The van der Waals surface area contributed by atoms with Crippen LogP contribution in [0.25, 0.3) is 22.2 Å². The van der Waals surface area contributed by atoms with Crippen molar-refractivity contribution in [3.8, 4) is 17.0 Å². The van der Waals surface area contributed by atoms with Crippen LogP contribution in [0.5, 0.6) is 5.75 Å². The van der Waals surface area contributed by atoms with E-state index in [1.165, 1.54) is 30.7 Å². The number of carbonyl (C=O) groups excluding carboxylic acids is 1. The third-order valence-electron chi connectivity index (χ3n) is 4.69. The topological polar surface area (TPSA) is 84.6 Å². The number of fused-ring (bicyclic) bond motifs is 1. The Morgan fingerprint density at radius 2 is 2.06 bits per heavy atom. The first kappa shape index (κ1) is 25.3. The molecule has 4 rings (SSSR count). The lowest BCUT2D eigenvalue weighted by molar-refractivity contribution is -0.112. The largest absolute Gasteiger partial charge is 0.491 e. The molecule has 2 heterocycles. The van der Waals surface area contributed by atoms with E-state index in [9.17, 15) is 14.3 Å². The first-order valence-corrected chi connectivity index (χ1v) is 11.7. The maximum Gasteiger partial charge on any atom is 0.170 e. The second kappa shape index (κ2) is 12.8. The normalized spacial score (nSPS) is 11.9. The van der Waals surface area contributed by atoms with Crippen LogP contribution in [0.2, 0.25) is 0 Å². The van der Waals surface area contributed by atoms with Crippen LogP contribution in [-0.4, -0.2) is 35.3 Å². The highest BCUT2D eigenvalue weighted by Gasteiger charge is 2.11. The maximum atomic E-state index is 13.3. The molecule has 6 nitrogen and oxygen atoms in total. The number of ketones is 1. The highest BCUT2D eigenvalue weighted by atomic mass is 32.1. The van der Waals surface area contributed by atoms with Crippen molar-refractivity contribution in [2.45, 2.75) is 26.5 Å². The maximum absolute atomic E-state index is 13.3. The summed E-state index contributed by atoms with van der Waals surface area (Å²) in [5, 5.41) is 22.1. The molecule has 1 atom stereocenters. The predicted molar refractivity (Wildman–Crippen MR) is 132 cm³/mol. The Kier molecular flexibility index (Phi) is 9.51. The van der Waals surface area contributed by atoms with Gasteiger partial charge in [-0.25, -0.2) is 4.39 Å². The lowest BCUT2D eigenvalue weighted by Crippen LogP contribution is -2.31. The van der Waals surface area contributed by atoms with Crippen molar-refractivity contribution in [2.75, 3.05) is 13.2 Å². The fraction of sp³-hybridized carbons (Fsp3) is 0.231. The van der Waals surface area contributed by atoms with E-state index < -0.39 is 6.10 Å². The SMILES string of the molecule is C/C=C\C(C)=O.OC(CNCc1ccsc1)COc1ccc(-c2noc3cc(F)ccc23)cc1. The van der Waals surface area contributed by atoms with Crippen molar-refractivity contribution < 1.29 is 23.6 Å². The zero-order chi connectivity index (χ0) is 24.3. The molecule has 8 heteroatoms. The number of aromatic nitrogens is 1. The van der Waals surface area contributed by atoms with Gasteiger partial charge in [-0.05, 0) is 78.7 Å². The molecule has 0 aliphatic carbocycles. The number of allylic oxidation sites excluding steroid dienone is 2. The number of hydrogen-bond donors (Lipinski definition) is 2. The van der Waals surface area contributed by atoms with Crippen LogP contribution in [0, 0.1) is 5.82 Å². The lowest BCUT2D eigenvalue weighted by Gasteiger charge is -2.13. The molecule has 0 saturated heterocycles. The number of ether oxygens (including phenoxy) is 1. The van der Waals surface area contributed by atoms with Crippen LogP contribution in [-0.2, 0) is 11.3 Å². The van der Waals surface area contributed by atoms with E-state index in [4.69, 9.17) is 9.26 Å². The zero-order valence-corrected chi connectivity index (χ0v) is 19.8. The number of carbonyl (C=O) groups is 1. The van der Waals surface area contributed by atoms with Crippen LogP contribution in [0.15, 0.2) is 76.0 Å². The predicted octanol–water partition coefficient (Wildman–Crippen LogP) is 5.38. The number of benzene rings is 2. The average Bonchev–Trinajstić information content (AvgIpc) is 3.48. The minimum atomic E-state index is -0.604. The van der Waals surface area contributed by atoms with Gasteiger partial charge in [-0.15, -0.1) is 0 Å². The van der Waals surface area contributed by atoms with Crippen molar-refractivity contribution in [1.82, 2.24) is 10.5 Å². The molecule has 178 valence electrons. The molecule has 1 unspecified atom stereocenters. The van der Waals surface area contributed by atoms with Gasteiger partial charge in [0.1, 0.15) is 30.0 Å². The Hall–Kier alpha value is -3.33. The minimum absolute atomic E-state index is 0.109. The van der Waals surface area contributed by atoms with Gasteiger partial charge in [0.25, 0.3) is 0 Å². The number of nitrogens with zero attached hydrogens (tertiary/aromatic N) is 1. The second-order valence-electron chi connectivity index (χ2n) is 7.53. The molecule has 0 fully saturated rings. The average molecular weight is 483 g/mol. The van der Waals surface area contributed by atoms with Gasteiger partial charge in [0, 0.05) is 30.1 Å². The van der Waals surface area contributed by atoms with E-state index in [1.807, 2.05) is 36.6 Å². The van der Waals surface area contributed by atoms with Crippen molar-refractivity contribution in [3.05, 3.63) is 82.8 Å². The van der Waals surface area contributed by atoms with Gasteiger partial charge >= 0.3 is 0 Å². The number of thiophene rings is 1. The highest BCUT2D eigenvalue weighted by molar-refractivity contribution is 7.07. The van der Waals surface area contributed by atoms with Gasteiger partial charge in [-0.1, -0.05) is 11.2 Å². The van der Waals surface area contributed by atoms with Crippen LogP contribution in [0.4, 0.5) is 4.39 Å². The second-order valence-corrected chi connectivity index (χ2v) is 8.31. The monoisotopic (exact) mass is 482 g/mol. The molecular weight excluding hydrogens is 455 g/mol. The summed E-state index contributed by atoms with van der Waals surface area (Å²) in [5.41, 5.74) is 3.11. The van der Waals surface area contributed by atoms with Gasteiger partial charge in [-0.2, -0.15) is 11.3 Å². The van der Waals surface area contributed by atoms with E-state index in [0.717, 1.165) is 17.5 Å². The molecule has 0 amide bonds. The van der Waals surface area contributed by atoms with E-state index in [1.54, 1.807) is 23.5 Å². The quantitative estimate of drug-likeness (QED) is 0.312. The molecule has 0 bridgehead atoms. The summed E-state index contributed by atoms with van der Waals surface area (Å²) in [7, 11) is 0. The van der Waals surface area contributed by atoms with Crippen molar-refractivity contribution in [1.29, 1.82) is 0 Å². The van der Waals surface area contributed by atoms with E-state index >= 15 is 0 Å². The molecule has 2 aromatic heterocycles. The van der Waals surface area contributed by atoms with Crippen LogP contribution >= 0.6 is 11.3 Å². The van der Waals surface area contributed by atoms with Gasteiger partial charge in [0.2, 0.25) is 0 Å². The Balaban J connectivity index is 0.000000481. The summed E-state index contributed by atoms with van der Waals surface area (Å²) in [6.45, 7) is 4.73. The Labute approximate surface area is 201 Å². The summed E-state index contributed by atoms with van der Waals surface area (Å²) < 4.78 is 24.1. The first-order valence-electron chi connectivity index (χ1n) is 10.8. The van der Waals surface area contributed by atoms with Crippen molar-refractivity contribution >= 4 is 28.1 Å². The minimum Gasteiger partial charge on any atom is -0.491 e. The number of nitrogens with one attached hydrogen (secondary N) is 1. The zero-order valence-electron chi connectivity index (χ0n) is 19.0. The molecule has 2 aromatic carbocycles. The Bertz CT molecular complexity index is 1200.